The number of carbonyl (C=O) groups is 1. The molecular weight excluding hydrogens is 244 g/mol. The van der Waals surface area contributed by atoms with E-state index >= 15 is 0 Å². The van der Waals surface area contributed by atoms with Gasteiger partial charge in [0, 0.05) is 11.1 Å². The lowest BCUT2D eigenvalue weighted by molar-refractivity contribution is -0.255. The largest absolute Gasteiger partial charge is 0.423 e. The van der Waals surface area contributed by atoms with Crippen LogP contribution in [0.3, 0.4) is 0 Å². The average molecular weight is 266 g/mol. The van der Waals surface area contributed by atoms with Crippen LogP contribution in [0.15, 0.2) is 11.1 Å². The fourth-order valence-electron chi connectivity index (χ4n) is 4.32. The predicted octanol–water partition coefficient (Wildman–Crippen LogP) is 1.76. The summed E-state index contributed by atoms with van der Waals surface area (Å²) in [4.78, 5) is 11.7. The fraction of sp³-hybridized carbons (Fsp3) is 0.800. The van der Waals surface area contributed by atoms with Gasteiger partial charge in [0.05, 0.1) is 0 Å². The number of rotatable bonds is 0. The molecule has 0 bridgehead atoms. The summed E-state index contributed by atoms with van der Waals surface area (Å²) < 4.78 is 5.10. The monoisotopic (exact) mass is 266 g/mol. The minimum Gasteiger partial charge on any atom is -0.423 e. The van der Waals surface area contributed by atoms with Crippen molar-refractivity contribution in [3.05, 3.63) is 11.1 Å². The van der Waals surface area contributed by atoms with Crippen LogP contribution in [-0.4, -0.2) is 28.1 Å². The first-order valence-electron chi connectivity index (χ1n) is 7.14. The first-order chi connectivity index (χ1) is 8.80. The van der Waals surface area contributed by atoms with Gasteiger partial charge in [-0.05, 0) is 37.0 Å². The minimum absolute atomic E-state index is 0.0105. The zero-order chi connectivity index (χ0) is 14.0. The Labute approximate surface area is 113 Å². The lowest BCUT2D eigenvalue weighted by atomic mass is 9.52. The first kappa shape index (κ1) is 13.1. The lowest BCUT2D eigenvalue weighted by Gasteiger charge is -2.55. The van der Waals surface area contributed by atoms with Gasteiger partial charge in [-0.25, -0.2) is 4.79 Å². The molecule has 19 heavy (non-hydrogen) atoms. The molecule has 4 nitrogen and oxygen atoms in total. The Morgan fingerprint density at radius 2 is 2.05 bits per heavy atom. The molecule has 106 valence electrons. The van der Waals surface area contributed by atoms with E-state index in [4.69, 9.17) is 4.74 Å². The van der Waals surface area contributed by atoms with Crippen molar-refractivity contribution >= 4 is 5.97 Å². The molecule has 0 aromatic heterocycles. The number of aliphatic hydroxyl groups is 2. The zero-order valence-corrected chi connectivity index (χ0v) is 11.8. The Balaban J connectivity index is 2.09. The molecule has 3 aliphatic rings. The second-order valence-corrected chi connectivity index (χ2v) is 6.76. The summed E-state index contributed by atoms with van der Waals surface area (Å²) in [5.74, 6) is -1.81. The first-order valence-corrected chi connectivity index (χ1v) is 7.14. The second kappa shape index (κ2) is 3.83. The number of carbonyl (C=O) groups excluding carboxylic acids is 1. The van der Waals surface area contributed by atoms with Gasteiger partial charge in [0.2, 0.25) is 0 Å². The molecule has 1 aliphatic heterocycles. The number of esters is 1. The number of ether oxygens (including phenoxy) is 1. The van der Waals surface area contributed by atoms with Gasteiger partial charge >= 0.3 is 5.97 Å². The highest BCUT2D eigenvalue weighted by molar-refractivity contribution is 5.92. The van der Waals surface area contributed by atoms with E-state index in [1.165, 1.54) is 0 Å². The number of hydrogen-bond acceptors (Lipinski definition) is 4. The maximum Gasteiger partial charge on any atom is 0.336 e. The van der Waals surface area contributed by atoms with Gasteiger partial charge < -0.3 is 14.9 Å². The minimum atomic E-state index is -1.78. The summed E-state index contributed by atoms with van der Waals surface area (Å²) in [5, 5.41) is 21.2. The summed E-state index contributed by atoms with van der Waals surface area (Å²) in [6.45, 7) is 6.06. The van der Waals surface area contributed by atoms with Crippen LogP contribution >= 0.6 is 0 Å². The number of hydrogen-bond donors (Lipinski definition) is 2. The second-order valence-electron chi connectivity index (χ2n) is 6.76. The van der Waals surface area contributed by atoms with Crippen molar-refractivity contribution in [2.45, 2.75) is 58.3 Å². The van der Waals surface area contributed by atoms with E-state index in [-0.39, 0.29) is 11.3 Å². The third-order valence-electron chi connectivity index (χ3n) is 5.90. The summed E-state index contributed by atoms with van der Waals surface area (Å²) in [7, 11) is 0. The highest BCUT2D eigenvalue weighted by atomic mass is 16.7. The van der Waals surface area contributed by atoms with Crippen molar-refractivity contribution in [1.82, 2.24) is 0 Å². The van der Waals surface area contributed by atoms with Crippen LogP contribution in [-0.2, 0) is 9.53 Å². The van der Waals surface area contributed by atoms with Crippen molar-refractivity contribution in [3.63, 3.8) is 0 Å². The SMILES string of the molecule is CC1=C2C[C@]3(C)[C@@H](C)CCC[C@H]3[C@H](O)[C@@]2(O)OC1=O. The Morgan fingerprint density at radius 3 is 2.74 bits per heavy atom. The van der Waals surface area contributed by atoms with Crippen LogP contribution in [0.1, 0.15) is 46.5 Å². The molecule has 2 aliphatic carbocycles. The topological polar surface area (TPSA) is 66.8 Å². The van der Waals surface area contributed by atoms with Crippen LogP contribution in [0, 0.1) is 17.3 Å². The number of aliphatic hydroxyl groups excluding tert-OH is 1. The lowest BCUT2D eigenvalue weighted by Crippen LogP contribution is -2.60. The molecular formula is C15H22O4. The van der Waals surface area contributed by atoms with E-state index in [9.17, 15) is 15.0 Å². The quantitative estimate of drug-likeness (QED) is 0.656. The van der Waals surface area contributed by atoms with Crippen LogP contribution in [0.2, 0.25) is 0 Å². The Hall–Kier alpha value is -0.870. The van der Waals surface area contributed by atoms with Crippen molar-refractivity contribution < 1.29 is 19.7 Å². The van der Waals surface area contributed by atoms with Gasteiger partial charge in [0.1, 0.15) is 6.10 Å². The van der Waals surface area contributed by atoms with Gasteiger partial charge in [-0.2, -0.15) is 0 Å². The molecule has 2 saturated carbocycles. The molecule has 4 heteroatoms. The summed E-state index contributed by atoms with van der Waals surface area (Å²) in [6.07, 6.45) is 2.71. The Kier molecular flexibility index (Phi) is 2.64. The van der Waals surface area contributed by atoms with Gasteiger partial charge in [-0.15, -0.1) is 0 Å². The Bertz CT molecular complexity index is 469. The van der Waals surface area contributed by atoms with Crippen LogP contribution in [0.4, 0.5) is 0 Å². The van der Waals surface area contributed by atoms with Gasteiger partial charge in [0.25, 0.3) is 5.79 Å². The molecule has 5 atom stereocenters. The standard InChI is InChI=1S/C15H22O4/c1-8-5-4-6-10-12(16)15(18)11(7-14(8,10)3)9(2)13(17)19-15/h8,10,12,16,18H,4-7H2,1-3H3/t8-,10-,12-,14+,15-/m0/s1. The van der Waals surface area contributed by atoms with Gasteiger partial charge in [-0.3, -0.25) is 0 Å². The van der Waals surface area contributed by atoms with E-state index in [1.807, 2.05) is 0 Å². The van der Waals surface area contributed by atoms with E-state index < -0.39 is 17.9 Å². The molecule has 0 saturated heterocycles. The van der Waals surface area contributed by atoms with Crippen molar-refractivity contribution in [2.24, 2.45) is 17.3 Å². The van der Waals surface area contributed by atoms with Crippen molar-refractivity contribution in [2.75, 3.05) is 0 Å². The van der Waals surface area contributed by atoms with E-state index in [0.29, 0.717) is 23.5 Å². The van der Waals surface area contributed by atoms with Crippen molar-refractivity contribution in [3.8, 4) is 0 Å². The molecule has 2 N–H and O–H groups in total. The average Bonchev–Trinajstić information content (AvgIpc) is 2.56. The van der Waals surface area contributed by atoms with Crippen molar-refractivity contribution in [1.29, 1.82) is 0 Å². The molecule has 3 rings (SSSR count). The third kappa shape index (κ3) is 1.50. The highest BCUT2D eigenvalue weighted by Gasteiger charge is 2.62. The molecule has 0 radical (unpaired) electrons. The van der Waals surface area contributed by atoms with Crippen LogP contribution in [0.5, 0.6) is 0 Å². The molecule has 0 amide bonds. The smallest absolute Gasteiger partial charge is 0.336 e. The molecule has 0 aromatic rings. The summed E-state index contributed by atoms with van der Waals surface area (Å²) >= 11 is 0. The fourth-order valence-corrected chi connectivity index (χ4v) is 4.32. The molecule has 1 heterocycles. The normalized spacial score (nSPS) is 49.7. The van der Waals surface area contributed by atoms with E-state index in [1.54, 1.807) is 6.92 Å². The van der Waals surface area contributed by atoms with Gasteiger partial charge in [-0.1, -0.05) is 26.7 Å². The molecule has 0 aromatic carbocycles. The zero-order valence-electron chi connectivity index (χ0n) is 11.8. The molecule has 2 fully saturated rings. The number of fused-ring (bicyclic) bond motifs is 2. The maximum absolute atomic E-state index is 11.7. The highest BCUT2D eigenvalue weighted by Crippen LogP contribution is 2.59. The molecule has 0 spiro atoms. The van der Waals surface area contributed by atoms with Gasteiger partial charge in [0.15, 0.2) is 0 Å². The summed E-state index contributed by atoms with van der Waals surface area (Å²) in [6, 6.07) is 0. The molecule has 0 unspecified atom stereocenters. The maximum atomic E-state index is 11.7. The summed E-state index contributed by atoms with van der Waals surface area (Å²) in [5.41, 5.74) is 1.01. The Morgan fingerprint density at radius 1 is 1.37 bits per heavy atom. The van der Waals surface area contributed by atoms with Crippen LogP contribution < -0.4 is 0 Å². The van der Waals surface area contributed by atoms with E-state index in [2.05, 4.69) is 13.8 Å². The van der Waals surface area contributed by atoms with E-state index in [0.717, 1.165) is 19.3 Å². The third-order valence-corrected chi connectivity index (χ3v) is 5.90. The van der Waals surface area contributed by atoms with Crippen LogP contribution in [0.25, 0.3) is 0 Å². The predicted molar refractivity (Wildman–Crippen MR) is 69.0 cm³/mol.